The first kappa shape index (κ1) is 13.7. The molecule has 0 aromatic heterocycles. The molecule has 1 aromatic carbocycles. The zero-order valence-electron chi connectivity index (χ0n) is 11.2. The Kier molecular flexibility index (Phi) is 4.70. The van der Waals surface area contributed by atoms with E-state index in [0.29, 0.717) is 19.0 Å². The van der Waals surface area contributed by atoms with Gasteiger partial charge in [0.1, 0.15) is 0 Å². The number of carbonyl (C=O) groups excluding carboxylic acids is 1. The van der Waals surface area contributed by atoms with Crippen LogP contribution in [0.25, 0.3) is 0 Å². The lowest BCUT2D eigenvalue weighted by Crippen LogP contribution is -2.33. The topological polar surface area (TPSA) is 46.3 Å². The van der Waals surface area contributed by atoms with E-state index in [2.05, 4.69) is 0 Å². The van der Waals surface area contributed by atoms with Crippen molar-refractivity contribution < 1.29 is 4.79 Å². The first-order valence-electron chi connectivity index (χ1n) is 5.98. The van der Waals surface area contributed by atoms with Gasteiger partial charge in [0.2, 0.25) is 0 Å². The Morgan fingerprint density at radius 2 is 2.00 bits per heavy atom. The van der Waals surface area contributed by atoms with Crippen LogP contribution in [0.15, 0.2) is 18.2 Å². The lowest BCUT2D eigenvalue weighted by atomic mass is 10.1. The van der Waals surface area contributed by atoms with Gasteiger partial charge in [-0.1, -0.05) is 13.0 Å². The maximum Gasteiger partial charge on any atom is 0.253 e. The lowest BCUT2D eigenvalue weighted by molar-refractivity contribution is 0.0777. The molecule has 0 spiro atoms. The second-order valence-electron chi connectivity index (χ2n) is 4.83. The largest absolute Gasteiger partial charge is 0.341 e. The minimum atomic E-state index is 0.0633. The van der Waals surface area contributed by atoms with Gasteiger partial charge in [0, 0.05) is 19.2 Å². The van der Waals surface area contributed by atoms with Crippen molar-refractivity contribution in [3.8, 4) is 0 Å². The Hall–Kier alpha value is -1.35. The first-order chi connectivity index (χ1) is 7.95. The van der Waals surface area contributed by atoms with Crippen LogP contribution in [-0.2, 0) is 0 Å². The minimum Gasteiger partial charge on any atom is -0.341 e. The molecule has 17 heavy (non-hydrogen) atoms. The van der Waals surface area contributed by atoms with Gasteiger partial charge in [0.25, 0.3) is 5.91 Å². The number of aryl methyl sites for hydroxylation is 2. The first-order valence-corrected chi connectivity index (χ1v) is 5.98. The van der Waals surface area contributed by atoms with Crippen LogP contribution in [0.1, 0.15) is 28.4 Å². The summed E-state index contributed by atoms with van der Waals surface area (Å²) in [5.74, 6) is 0.392. The van der Waals surface area contributed by atoms with Gasteiger partial charge in [0.15, 0.2) is 0 Å². The molecule has 94 valence electrons. The van der Waals surface area contributed by atoms with E-state index in [1.54, 1.807) is 4.90 Å². The molecule has 3 heteroatoms. The number of benzene rings is 1. The third-order valence-corrected chi connectivity index (χ3v) is 3.09. The molecule has 0 radical (unpaired) electrons. The van der Waals surface area contributed by atoms with Gasteiger partial charge in [-0.15, -0.1) is 0 Å². The molecular weight excluding hydrogens is 212 g/mol. The number of nitrogens with zero attached hydrogens (tertiary/aromatic N) is 1. The monoisotopic (exact) mass is 234 g/mol. The van der Waals surface area contributed by atoms with Crippen molar-refractivity contribution in [2.45, 2.75) is 20.8 Å². The van der Waals surface area contributed by atoms with Gasteiger partial charge in [-0.05, 0) is 49.6 Å². The van der Waals surface area contributed by atoms with Crippen LogP contribution >= 0.6 is 0 Å². The van der Waals surface area contributed by atoms with Crippen LogP contribution in [0.3, 0.4) is 0 Å². The predicted octanol–water partition coefficient (Wildman–Crippen LogP) is 1.97. The van der Waals surface area contributed by atoms with Crippen LogP contribution in [0, 0.1) is 19.8 Å². The van der Waals surface area contributed by atoms with Crippen molar-refractivity contribution in [1.29, 1.82) is 0 Å². The van der Waals surface area contributed by atoms with Crippen molar-refractivity contribution in [2.24, 2.45) is 11.7 Å². The summed E-state index contributed by atoms with van der Waals surface area (Å²) in [6, 6.07) is 5.82. The standard InChI is InChI=1S/C14H22N2O/c1-10(8-15)9-16(4)14(17)13-6-5-11(2)12(3)7-13/h5-7,10H,8-9,15H2,1-4H3. The van der Waals surface area contributed by atoms with Crippen molar-refractivity contribution in [2.75, 3.05) is 20.1 Å². The summed E-state index contributed by atoms with van der Waals surface area (Å²) in [6.45, 7) is 7.41. The number of carbonyl (C=O) groups is 1. The SMILES string of the molecule is Cc1ccc(C(=O)N(C)CC(C)CN)cc1C. The van der Waals surface area contributed by atoms with Gasteiger partial charge in [-0.25, -0.2) is 0 Å². The van der Waals surface area contributed by atoms with Crippen LogP contribution in [-0.4, -0.2) is 30.9 Å². The normalized spacial score (nSPS) is 12.3. The zero-order chi connectivity index (χ0) is 13.0. The summed E-state index contributed by atoms with van der Waals surface area (Å²) in [7, 11) is 1.82. The van der Waals surface area contributed by atoms with E-state index in [0.717, 1.165) is 11.1 Å². The average Bonchev–Trinajstić information content (AvgIpc) is 2.31. The Labute approximate surface area is 104 Å². The van der Waals surface area contributed by atoms with E-state index in [9.17, 15) is 4.79 Å². The van der Waals surface area contributed by atoms with Crippen LogP contribution in [0.5, 0.6) is 0 Å². The van der Waals surface area contributed by atoms with E-state index < -0.39 is 0 Å². The second kappa shape index (κ2) is 5.82. The number of amides is 1. The quantitative estimate of drug-likeness (QED) is 0.865. The highest BCUT2D eigenvalue weighted by Gasteiger charge is 2.14. The van der Waals surface area contributed by atoms with E-state index >= 15 is 0 Å². The second-order valence-corrected chi connectivity index (χ2v) is 4.83. The van der Waals surface area contributed by atoms with E-state index in [1.807, 2.05) is 46.0 Å². The van der Waals surface area contributed by atoms with Crippen molar-refractivity contribution in [1.82, 2.24) is 4.90 Å². The lowest BCUT2D eigenvalue weighted by Gasteiger charge is -2.21. The summed E-state index contributed by atoms with van der Waals surface area (Å²) in [6.07, 6.45) is 0. The summed E-state index contributed by atoms with van der Waals surface area (Å²) in [4.78, 5) is 13.9. The third-order valence-electron chi connectivity index (χ3n) is 3.09. The van der Waals surface area contributed by atoms with Crippen molar-refractivity contribution >= 4 is 5.91 Å². The van der Waals surface area contributed by atoms with Gasteiger partial charge < -0.3 is 10.6 Å². The molecule has 0 aliphatic carbocycles. The van der Waals surface area contributed by atoms with E-state index in [4.69, 9.17) is 5.73 Å². The van der Waals surface area contributed by atoms with Gasteiger partial charge in [-0.3, -0.25) is 4.79 Å². The Balaban J connectivity index is 2.78. The highest BCUT2D eigenvalue weighted by molar-refractivity contribution is 5.94. The molecule has 2 N–H and O–H groups in total. The average molecular weight is 234 g/mol. The summed E-state index contributed by atoms with van der Waals surface area (Å²) < 4.78 is 0. The summed E-state index contributed by atoms with van der Waals surface area (Å²) in [5.41, 5.74) is 8.67. The van der Waals surface area contributed by atoms with Crippen LogP contribution in [0.4, 0.5) is 0 Å². The number of hydrogen-bond donors (Lipinski definition) is 1. The Morgan fingerprint density at radius 1 is 1.35 bits per heavy atom. The van der Waals surface area contributed by atoms with Gasteiger partial charge in [-0.2, -0.15) is 0 Å². The number of rotatable bonds is 4. The Morgan fingerprint density at radius 3 is 2.53 bits per heavy atom. The molecule has 0 saturated heterocycles. The van der Waals surface area contributed by atoms with Gasteiger partial charge in [0.05, 0.1) is 0 Å². The minimum absolute atomic E-state index is 0.0633. The van der Waals surface area contributed by atoms with Crippen molar-refractivity contribution in [3.63, 3.8) is 0 Å². The molecule has 0 fully saturated rings. The fourth-order valence-electron chi connectivity index (χ4n) is 1.72. The molecule has 1 atom stereocenters. The molecule has 0 heterocycles. The predicted molar refractivity (Wildman–Crippen MR) is 71.1 cm³/mol. The highest BCUT2D eigenvalue weighted by atomic mass is 16.2. The fraction of sp³-hybridized carbons (Fsp3) is 0.500. The maximum absolute atomic E-state index is 12.1. The third kappa shape index (κ3) is 3.56. The zero-order valence-corrected chi connectivity index (χ0v) is 11.2. The molecule has 0 bridgehead atoms. The van der Waals surface area contributed by atoms with Gasteiger partial charge >= 0.3 is 0 Å². The molecular formula is C14H22N2O. The molecule has 0 saturated carbocycles. The molecule has 0 aliphatic heterocycles. The molecule has 3 nitrogen and oxygen atoms in total. The smallest absolute Gasteiger partial charge is 0.253 e. The van der Waals surface area contributed by atoms with Crippen LogP contribution < -0.4 is 5.73 Å². The molecule has 1 aromatic rings. The molecule has 0 aliphatic rings. The molecule has 1 amide bonds. The Bertz CT molecular complexity index is 401. The van der Waals surface area contributed by atoms with Crippen molar-refractivity contribution in [3.05, 3.63) is 34.9 Å². The highest BCUT2D eigenvalue weighted by Crippen LogP contribution is 2.12. The molecule has 1 unspecified atom stereocenters. The number of hydrogen-bond acceptors (Lipinski definition) is 2. The summed E-state index contributed by atoms with van der Waals surface area (Å²) >= 11 is 0. The maximum atomic E-state index is 12.1. The van der Waals surface area contributed by atoms with E-state index in [-0.39, 0.29) is 5.91 Å². The number of nitrogens with two attached hydrogens (primary N) is 1. The summed E-state index contributed by atoms with van der Waals surface area (Å²) in [5, 5.41) is 0. The van der Waals surface area contributed by atoms with E-state index in [1.165, 1.54) is 5.56 Å². The fourth-order valence-corrected chi connectivity index (χ4v) is 1.72. The molecule has 1 rings (SSSR count). The van der Waals surface area contributed by atoms with Crippen LogP contribution in [0.2, 0.25) is 0 Å².